The Balaban J connectivity index is 3.45. The van der Waals surface area contributed by atoms with Gasteiger partial charge in [0.15, 0.2) is 0 Å². The number of carbonyl (C=O) groups is 1. The molecule has 0 radical (unpaired) electrons. The largest absolute Gasteiger partial charge is 0.389 e. The van der Waals surface area contributed by atoms with Crippen LogP contribution in [0.4, 0.5) is 0 Å². The van der Waals surface area contributed by atoms with Crippen LogP contribution in [0.2, 0.25) is 0 Å². The van der Waals surface area contributed by atoms with Crippen LogP contribution in [0.3, 0.4) is 0 Å². The highest BCUT2D eigenvalue weighted by molar-refractivity contribution is 5.76. The molecule has 19 heavy (non-hydrogen) atoms. The molecule has 6 nitrogen and oxygen atoms in total. The Morgan fingerprint density at radius 3 is 2.58 bits per heavy atom. The van der Waals surface area contributed by atoms with E-state index in [0.29, 0.717) is 32.7 Å². The van der Waals surface area contributed by atoms with E-state index in [1.807, 2.05) is 20.8 Å². The fourth-order valence-electron chi connectivity index (χ4n) is 1.37. The quantitative estimate of drug-likeness (QED) is 0.486. The topological polar surface area (TPSA) is 79.8 Å². The third-order valence-corrected chi connectivity index (χ3v) is 2.17. The molecular weight excluding hydrogens is 248 g/mol. The molecule has 114 valence electrons. The number of hydrogen-bond acceptors (Lipinski definition) is 5. The fraction of sp³-hybridized carbons (Fsp3) is 0.923. The first-order valence-corrected chi connectivity index (χ1v) is 6.61. The number of hydrogen-bond donors (Lipinski definition) is 3. The zero-order chi connectivity index (χ0) is 14.7. The predicted molar refractivity (Wildman–Crippen MR) is 74.1 cm³/mol. The zero-order valence-corrected chi connectivity index (χ0v) is 12.5. The average Bonchev–Trinajstić information content (AvgIpc) is 2.28. The highest BCUT2D eigenvalue weighted by atomic mass is 16.5. The van der Waals surface area contributed by atoms with E-state index in [1.165, 1.54) is 0 Å². The van der Waals surface area contributed by atoms with Crippen LogP contribution < -0.4 is 10.6 Å². The van der Waals surface area contributed by atoms with Crippen molar-refractivity contribution in [1.29, 1.82) is 0 Å². The third-order valence-electron chi connectivity index (χ3n) is 2.17. The van der Waals surface area contributed by atoms with Crippen LogP contribution in [0.15, 0.2) is 0 Å². The van der Waals surface area contributed by atoms with Gasteiger partial charge in [-0.25, -0.2) is 0 Å². The van der Waals surface area contributed by atoms with Gasteiger partial charge < -0.3 is 25.2 Å². The summed E-state index contributed by atoms with van der Waals surface area (Å²) in [7, 11) is 1.60. The van der Waals surface area contributed by atoms with Gasteiger partial charge in [0.1, 0.15) is 0 Å². The maximum Gasteiger partial charge on any atom is 0.221 e. The SMILES string of the molecule is COCCOCC(O)CNCCC(=O)NC(C)(C)C. The van der Waals surface area contributed by atoms with Crippen LogP contribution >= 0.6 is 0 Å². The molecule has 1 amide bonds. The van der Waals surface area contributed by atoms with E-state index in [4.69, 9.17) is 9.47 Å². The van der Waals surface area contributed by atoms with Crippen molar-refractivity contribution in [2.24, 2.45) is 0 Å². The molecule has 0 aliphatic carbocycles. The summed E-state index contributed by atoms with van der Waals surface area (Å²) in [6.07, 6.45) is -0.170. The number of carbonyl (C=O) groups excluding carboxylic acids is 1. The lowest BCUT2D eigenvalue weighted by atomic mass is 10.1. The predicted octanol–water partition coefficient (Wildman–Crippen LogP) is -0.0953. The number of nitrogens with one attached hydrogen (secondary N) is 2. The lowest BCUT2D eigenvalue weighted by molar-refractivity contribution is -0.122. The molecule has 0 aromatic heterocycles. The lowest BCUT2D eigenvalue weighted by Crippen LogP contribution is -2.42. The Morgan fingerprint density at radius 2 is 2.00 bits per heavy atom. The molecule has 1 unspecified atom stereocenters. The molecule has 0 heterocycles. The molecule has 0 aromatic rings. The van der Waals surface area contributed by atoms with E-state index in [9.17, 15) is 9.90 Å². The Labute approximate surface area is 115 Å². The summed E-state index contributed by atoms with van der Waals surface area (Å²) in [5, 5.41) is 15.5. The zero-order valence-electron chi connectivity index (χ0n) is 12.5. The van der Waals surface area contributed by atoms with Gasteiger partial charge >= 0.3 is 0 Å². The third kappa shape index (κ3) is 13.5. The van der Waals surface area contributed by atoms with Gasteiger partial charge in [0.2, 0.25) is 5.91 Å². The molecule has 3 N–H and O–H groups in total. The highest BCUT2D eigenvalue weighted by Crippen LogP contribution is 1.98. The van der Waals surface area contributed by atoms with Gasteiger partial charge in [-0.05, 0) is 20.8 Å². The Hall–Kier alpha value is -0.690. The van der Waals surface area contributed by atoms with Crippen molar-refractivity contribution < 1.29 is 19.4 Å². The van der Waals surface area contributed by atoms with Crippen LogP contribution in [-0.2, 0) is 14.3 Å². The van der Waals surface area contributed by atoms with Crippen molar-refractivity contribution in [1.82, 2.24) is 10.6 Å². The summed E-state index contributed by atoms with van der Waals surface area (Å²) in [5.41, 5.74) is -0.203. The minimum absolute atomic E-state index is 0.00540. The number of amides is 1. The smallest absolute Gasteiger partial charge is 0.221 e. The van der Waals surface area contributed by atoms with Crippen LogP contribution in [0.1, 0.15) is 27.2 Å². The Bertz CT molecular complexity index is 241. The van der Waals surface area contributed by atoms with Gasteiger partial charge in [0, 0.05) is 32.2 Å². The van der Waals surface area contributed by atoms with Crippen molar-refractivity contribution in [3.63, 3.8) is 0 Å². The van der Waals surface area contributed by atoms with Gasteiger partial charge in [-0.1, -0.05) is 0 Å². The molecule has 1 atom stereocenters. The number of methoxy groups -OCH3 is 1. The first-order valence-electron chi connectivity index (χ1n) is 6.61. The van der Waals surface area contributed by atoms with Crippen LogP contribution in [0.25, 0.3) is 0 Å². The fourth-order valence-corrected chi connectivity index (χ4v) is 1.37. The van der Waals surface area contributed by atoms with Crippen LogP contribution in [0, 0.1) is 0 Å². The van der Waals surface area contributed by atoms with Gasteiger partial charge in [0.25, 0.3) is 0 Å². The first-order chi connectivity index (χ1) is 8.85. The molecule has 0 aliphatic rings. The van der Waals surface area contributed by atoms with E-state index >= 15 is 0 Å². The van der Waals surface area contributed by atoms with E-state index < -0.39 is 6.10 Å². The average molecular weight is 276 g/mol. The summed E-state index contributed by atoms with van der Waals surface area (Å²) < 4.78 is 10.0. The molecule has 0 aliphatic heterocycles. The van der Waals surface area contributed by atoms with Gasteiger partial charge in [-0.2, -0.15) is 0 Å². The monoisotopic (exact) mass is 276 g/mol. The second-order valence-electron chi connectivity index (χ2n) is 5.47. The maximum atomic E-state index is 11.5. The highest BCUT2D eigenvalue weighted by Gasteiger charge is 2.13. The summed E-state index contributed by atoms with van der Waals surface area (Å²) in [6.45, 7) is 8.05. The van der Waals surface area contributed by atoms with Crippen LogP contribution in [0.5, 0.6) is 0 Å². The summed E-state index contributed by atoms with van der Waals surface area (Å²) in [4.78, 5) is 11.5. The van der Waals surface area contributed by atoms with Crippen molar-refractivity contribution in [2.75, 3.05) is 40.0 Å². The Kier molecular flexibility index (Phi) is 9.77. The molecule has 0 bridgehead atoms. The van der Waals surface area contributed by atoms with Gasteiger partial charge in [-0.3, -0.25) is 4.79 Å². The molecule has 0 saturated heterocycles. The van der Waals surface area contributed by atoms with Gasteiger partial charge in [0.05, 0.1) is 25.9 Å². The standard InChI is InChI=1S/C13H28N2O4/c1-13(2,3)15-12(17)5-6-14-9-11(16)10-19-8-7-18-4/h11,14,16H,5-10H2,1-4H3,(H,15,17). The maximum absolute atomic E-state index is 11.5. The summed E-state index contributed by atoms with van der Waals surface area (Å²) in [5.74, 6) is 0.00540. The molecule has 0 fully saturated rings. The molecule has 0 rings (SSSR count). The molecule has 0 spiro atoms. The van der Waals surface area contributed by atoms with Crippen molar-refractivity contribution in [3.05, 3.63) is 0 Å². The van der Waals surface area contributed by atoms with Crippen molar-refractivity contribution in [2.45, 2.75) is 38.8 Å². The van der Waals surface area contributed by atoms with E-state index in [-0.39, 0.29) is 18.1 Å². The molecule has 6 heteroatoms. The number of aliphatic hydroxyl groups is 1. The summed E-state index contributed by atoms with van der Waals surface area (Å²) in [6, 6.07) is 0. The van der Waals surface area contributed by atoms with E-state index in [2.05, 4.69) is 10.6 Å². The molecule has 0 aromatic carbocycles. The number of rotatable bonds is 10. The normalized spacial score (nSPS) is 13.3. The minimum atomic E-state index is -0.567. The van der Waals surface area contributed by atoms with Gasteiger partial charge in [-0.15, -0.1) is 0 Å². The van der Waals surface area contributed by atoms with E-state index in [0.717, 1.165) is 0 Å². The summed E-state index contributed by atoms with van der Waals surface area (Å²) >= 11 is 0. The van der Waals surface area contributed by atoms with Crippen molar-refractivity contribution >= 4 is 5.91 Å². The first kappa shape index (κ1) is 18.3. The van der Waals surface area contributed by atoms with E-state index in [1.54, 1.807) is 7.11 Å². The molecular formula is C13H28N2O4. The molecule has 0 saturated carbocycles. The number of ether oxygens (including phenoxy) is 2. The van der Waals surface area contributed by atoms with Crippen molar-refractivity contribution in [3.8, 4) is 0 Å². The lowest BCUT2D eigenvalue weighted by Gasteiger charge is -2.20. The second-order valence-corrected chi connectivity index (χ2v) is 5.47. The second kappa shape index (κ2) is 10.1. The minimum Gasteiger partial charge on any atom is -0.389 e. The van der Waals surface area contributed by atoms with Crippen LogP contribution in [-0.4, -0.2) is 62.7 Å². The number of aliphatic hydroxyl groups excluding tert-OH is 1. The Morgan fingerprint density at radius 1 is 1.32 bits per heavy atom.